The summed E-state index contributed by atoms with van der Waals surface area (Å²) in [6.07, 6.45) is 0. The van der Waals surface area contributed by atoms with Crippen molar-refractivity contribution < 1.29 is 9.13 Å². The summed E-state index contributed by atoms with van der Waals surface area (Å²) >= 11 is 8.83. The van der Waals surface area contributed by atoms with Crippen molar-refractivity contribution in [1.82, 2.24) is 0 Å². The molecule has 0 aliphatic heterocycles. The second-order valence-corrected chi connectivity index (χ2v) is 7.21. The summed E-state index contributed by atoms with van der Waals surface area (Å²) in [6.45, 7) is 0. The first-order valence-corrected chi connectivity index (χ1v) is 8.83. The van der Waals surface area contributed by atoms with E-state index in [0.29, 0.717) is 11.3 Å². The van der Waals surface area contributed by atoms with Gasteiger partial charge in [-0.1, -0.05) is 34.1 Å². The zero-order valence-electron chi connectivity index (χ0n) is 11.1. The van der Waals surface area contributed by atoms with Gasteiger partial charge in [-0.2, -0.15) is 0 Å². The first-order valence-electron chi connectivity index (χ1n) is 6.25. The van der Waals surface area contributed by atoms with Crippen LogP contribution >= 0.6 is 43.2 Å². The molecular formula is C16H11Br2FOS. The Balaban J connectivity index is 2.08. The van der Waals surface area contributed by atoms with Gasteiger partial charge in [-0.15, -0.1) is 11.3 Å². The lowest BCUT2D eigenvalue weighted by molar-refractivity contribution is 0.411. The maximum atomic E-state index is 14.2. The van der Waals surface area contributed by atoms with Gasteiger partial charge in [-0.05, 0) is 44.4 Å². The molecule has 0 amide bonds. The smallest absolute Gasteiger partial charge is 0.131 e. The molecule has 0 N–H and O–H groups in total. The highest BCUT2D eigenvalue weighted by molar-refractivity contribution is 9.10. The van der Waals surface area contributed by atoms with Crippen LogP contribution in [0.2, 0.25) is 0 Å². The molecule has 0 radical (unpaired) electrons. The highest BCUT2D eigenvalue weighted by atomic mass is 79.9. The van der Waals surface area contributed by atoms with Crippen LogP contribution in [0.1, 0.15) is 16.0 Å². The number of halogens is 3. The number of ether oxygens (including phenoxy) is 1. The highest BCUT2D eigenvalue weighted by Gasteiger charge is 2.19. The molecule has 0 fully saturated rings. The summed E-state index contributed by atoms with van der Waals surface area (Å²) in [4.78, 5) is -0.188. The molecule has 1 heterocycles. The van der Waals surface area contributed by atoms with Crippen LogP contribution in [-0.2, 0) is 0 Å². The normalized spacial score (nSPS) is 12.6. The predicted molar refractivity (Wildman–Crippen MR) is 93.2 cm³/mol. The summed E-state index contributed by atoms with van der Waals surface area (Å²) in [5.41, 5.74) is 1.68. The van der Waals surface area contributed by atoms with Crippen molar-refractivity contribution in [2.75, 3.05) is 7.11 Å². The van der Waals surface area contributed by atoms with E-state index in [-0.39, 0.29) is 10.6 Å². The standard InChI is InChI=1S/C16H11Br2FOS/c1-20-9-5-6-11(14(19)7-9)15(18)12-8-21-16-10(12)3-2-4-13(16)17/h2-8,15H,1H3. The van der Waals surface area contributed by atoms with E-state index in [2.05, 4.69) is 43.3 Å². The van der Waals surface area contributed by atoms with Crippen molar-refractivity contribution in [3.8, 4) is 5.75 Å². The molecule has 0 saturated heterocycles. The molecule has 5 heteroatoms. The third-order valence-corrected chi connectivity index (χ3v) is 6.29. The van der Waals surface area contributed by atoms with Crippen molar-refractivity contribution in [3.05, 3.63) is 63.2 Å². The van der Waals surface area contributed by atoms with E-state index in [9.17, 15) is 4.39 Å². The van der Waals surface area contributed by atoms with Crippen molar-refractivity contribution in [1.29, 1.82) is 0 Å². The van der Waals surface area contributed by atoms with E-state index in [1.807, 2.05) is 12.1 Å². The number of hydrogen-bond donors (Lipinski definition) is 0. The zero-order chi connectivity index (χ0) is 15.0. The molecule has 108 valence electrons. The number of thiophene rings is 1. The van der Waals surface area contributed by atoms with Gasteiger partial charge in [-0.3, -0.25) is 0 Å². The molecule has 1 nitrogen and oxygen atoms in total. The van der Waals surface area contributed by atoms with E-state index in [0.717, 1.165) is 15.4 Å². The molecule has 0 saturated carbocycles. The first kappa shape index (κ1) is 15.0. The van der Waals surface area contributed by atoms with E-state index in [1.165, 1.54) is 17.9 Å². The van der Waals surface area contributed by atoms with Gasteiger partial charge in [0, 0.05) is 20.8 Å². The van der Waals surface area contributed by atoms with Gasteiger partial charge in [0.2, 0.25) is 0 Å². The van der Waals surface area contributed by atoms with Crippen LogP contribution in [0.25, 0.3) is 10.1 Å². The monoisotopic (exact) mass is 428 g/mol. The molecule has 21 heavy (non-hydrogen) atoms. The van der Waals surface area contributed by atoms with E-state index >= 15 is 0 Å². The average molecular weight is 430 g/mol. The quantitative estimate of drug-likeness (QED) is 0.444. The van der Waals surface area contributed by atoms with Gasteiger partial charge in [-0.25, -0.2) is 4.39 Å². The fourth-order valence-corrected chi connectivity index (χ4v) is 4.82. The van der Waals surface area contributed by atoms with Crippen molar-refractivity contribution in [2.24, 2.45) is 0 Å². The maximum Gasteiger partial charge on any atom is 0.131 e. The number of methoxy groups -OCH3 is 1. The summed E-state index contributed by atoms with van der Waals surface area (Å²) < 4.78 is 21.5. The third-order valence-electron chi connectivity index (χ3n) is 3.34. The molecule has 1 atom stereocenters. The topological polar surface area (TPSA) is 9.23 Å². The van der Waals surface area contributed by atoms with E-state index in [1.54, 1.807) is 23.5 Å². The third kappa shape index (κ3) is 2.74. The van der Waals surface area contributed by atoms with Gasteiger partial charge < -0.3 is 4.74 Å². The van der Waals surface area contributed by atoms with E-state index in [4.69, 9.17) is 4.74 Å². The molecule has 3 aromatic rings. The minimum Gasteiger partial charge on any atom is -0.497 e. The summed E-state index contributed by atoms with van der Waals surface area (Å²) in [6, 6.07) is 11.0. The zero-order valence-corrected chi connectivity index (χ0v) is 15.1. The van der Waals surface area contributed by atoms with Gasteiger partial charge in [0.25, 0.3) is 0 Å². The Bertz CT molecular complexity index is 800. The number of fused-ring (bicyclic) bond motifs is 1. The summed E-state index contributed by atoms with van der Waals surface area (Å²) in [7, 11) is 1.53. The summed E-state index contributed by atoms with van der Waals surface area (Å²) in [5, 5.41) is 3.20. The number of hydrogen-bond acceptors (Lipinski definition) is 2. The Morgan fingerprint density at radius 2 is 2.00 bits per heavy atom. The Kier molecular flexibility index (Phi) is 4.33. The van der Waals surface area contributed by atoms with Crippen LogP contribution < -0.4 is 4.74 Å². The second kappa shape index (κ2) is 6.07. The molecule has 1 unspecified atom stereocenters. The number of rotatable bonds is 3. The molecule has 2 aromatic carbocycles. The molecule has 3 rings (SSSR count). The maximum absolute atomic E-state index is 14.2. The van der Waals surface area contributed by atoms with Crippen LogP contribution in [-0.4, -0.2) is 7.11 Å². The molecule has 0 bridgehead atoms. The Labute approximate surface area is 143 Å². The van der Waals surface area contributed by atoms with Gasteiger partial charge in [0.05, 0.1) is 11.9 Å². The number of alkyl halides is 1. The highest BCUT2D eigenvalue weighted by Crippen LogP contribution is 2.41. The van der Waals surface area contributed by atoms with Crippen LogP contribution in [0, 0.1) is 5.82 Å². The number of benzene rings is 2. The molecule has 0 aliphatic carbocycles. The molecule has 0 aliphatic rings. The molecule has 1 aromatic heterocycles. The first-order chi connectivity index (χ1) is 10.1. The predicted octanol–water partition coefficient (Wildman–Crippen LogP) is 6.30. The van der Waals surface area contributed by atoms with Crippen LogP contribution in [0.4, 0.5) is 4.39 Å². The summed E-state index contributed by atoms with van der Waals surface area (Å²) in [5.74, 6) is 0.249. The lowest BCUT2D eigenvalue weighted by atomic mass is 10.0. The minimum absolute atomic E-state index is 0.188. The molecule has 0 spiro atoms. The van der Waals surface area contributed by atoms with Crippen molar-refractivity contribution >= 4 is 53.3 Å². The Hall–Kier alpha value is -0.910. The largest absolute Gasteiger partial charge is 0.497 e. The lowest BCUT2D eigenvalue weighted by Gasteiger charge is -2.12. The van der Waals surface area contributed by atoms with E-state index < -0.39 is 0 Å². The lowest BCUT2D eigenvalue weighted by Crippen LogP contribution is -1.96. The van der Waals surface area contributed by atoms with Gasteiger partial charge >= 0.3 is 0 Å². The second-order valence-electron chi connectivity index (χ2n) is 4.56. The van der Waals surface area contributed by atoms with Crippen LogP contribution in [0.15, 0.2) is 46.3 Å². The minimum atomic E-state index is -0.273. The Morgan fingerprint density at radius 1 is 1.19 bits per heavy atom. The fourth-order valence-electron chi connectivity index (χ4n) is 2.25. The Morgan fingerprint density at radius 3 is 2.71 bits per heavy atom. The average Bonchev–Trinajstić information content (AvgIpc) is 2.92. The van der Waals surface area contributed by atoms with Crippen molar-refractivity contribution in [2.45, 2.75) is 4.83 Å². The SMILES string of the molecule is COc1ccc(C(Br)c2csc3c(Br)cccc23)c(F)c1. The van der Waals surface area contributed by atoms with Gasteiger partial charge in [0.15, 0.2) is 0 Å². The fraction of sp³-hybridized carbons (Fsp3) is 0.125. The van der Waals surface area contributed by atoms with Gasteiger partial charge in [0.1, 0.15) is 11.6 Å². The molecular weight excluding hydrogens is 419 g/mol. The van der Waals surface area contributed by atoms with Crippen LogP contribution in [0.3, 0.4) is 0 Å². The van der Waals surface area contributed by atoms with Crippen molar-refractivity contribution in [3.63, 3.8) is 0 Å². The van der Waals surface area contributed by atoms with Crippen LogP contribution in [0.5, 0.6) is 5.75 Å².